The van der Waals surface area contributed by atoms with Gasteiger partial charge >= 0.3 is 6.09 Å². The molecule has 6 nitrogen and oxygen atoms in total. The molecular formula is C20H22ClFN2O4. The van der Waals surface area contributed by atoms with Gasteiger partial charge in [0, 0.05) is 29.2 Å². The van der Waals surface area contributed by atoms with E-state index in [-0.39, 0.29) is 24.6 Å². The highest BCUT2D eigenvalue weighted by Crippen LogP contribution is 2.30. The molecule has 1 unspecified atom stereocenters. The average molecular weight is 409 g/mol. The summed E-state index contributed by atoms with van der Waals surface area (Å²) < 4.78 is 25.0. The average Bonchev–Trinajstić information content (AvgIpc) is 2.68. The molecule has 0 bridgehead atoms. The fraction of sp³-hybridized carbons (Fsp3) is 0.300. The van der Waals surface area contributed by atoms with Crippen LogP contribution in [0, 0.1) is 5.82 Å². The molecule has 0 aliphatic heterocycles. The Morgan fingerprint density at radius 3 is 2.64 bits per heavy atom. The summed E-state index contributed by atoms with van der Waals surface area (Å²) in [5.41, 5.74) is 1.14. The lowest BCUT2D eigenvalue weighted by Crippen LogP contribution is -2.27. The van der Waals surface area contributed by atoms with Crippen LogP contribution in [0.3, 0.4) is 0 Å². The number of ether oxygens (including phenoxy) is 2. The van der Waals surface area contributed by atoms with Gasteiger partial charge in [0.05, 0.1) is 13.7 Å². The lowest BCUT2D eigenvalue weighted by molar-refractivity contribution is 0.0781. The van der Waals surface area contributed by atoms with Crippen LogP contribution >= 0.6 is 11.6 Å². The third kappa shape index (κ3) is 5.94. The summed E-state index contributed by atoms with van der Waals surface area (Å²) in [4.78, 5) is 23.3. The Bertz CT molecular complexity index is 832. The van der Waals surface area contributed by atoms with Crippen LogP contribution in [0.25, 0.3) is 0 Å². The van der Waals surface area contributed by atoms with Crippen LogP contribution in [-0.4, -0.2) is 38.8 Å². The third-order valence-corrected chi connectivity index (χ3v) is 4.11. The smallest absolute Gasteiger partial charge is 0.406 e. The van der Waals surface area contributed by atoms with Gasteiger partial charge in [-0.15, -0.1) is 0 Å². The first-order valence-corrected chi connectivity index (χ1v) is 9.10. The van der Waals surface area contributed by atoms with Crippen molar-refractivity contribution >= 4 is 23.6 Å². The zero-order valence-electron chi connectivity index (χ0n) is 15.6. The van der Waals surface area contributed by atoms with E-state index in [9.17, 15) is 14.0 Å². The predicted molar refractivity (Wildman–Crippen MR) is 104 cm³/mol. The number of alkyl carbamates (subject to hydrolysis) is 1. The molecular weight excluding hydrogens is 387 g/mol. The molecule has 2 rings (SSSR count). The summed E-state index contributed by atoms with van der Waals surface area (Å²) in [5, 5.41) is 5.65. The molecule has 0 aliphatic carbocycles. The van der Waals surface area contributed by atoms with Crippen LogP contribution < -0.4 is 10.6 Å². The first-order valence-electron chi connectivity index (χ1n) is 8.72. The molecule has 0 aromatic heterocycles. The molecule has 28 heavy (non-hydrogen) atoms. The standard InChI is InChI=1S/C20H22ClFN2O4/c1-3-23-19(25)14-7-8-17(22)16(12-14)18(13-5-4-6-15(21)11-13)28-10-9-24-20(26)27-2/h4-8,11-12,18H,3,9-10H2,1-2H3,(H,23,25)(H,24,26). The fourth-order valence-corrected chi connectivity index (χ4v) is 2.78. The first kappa shape index (κ1) is 21.7. The minimum atomic E-state index is -0.812. The third-order valence-electron chi connectivity index (χ3n) is 3.87. The van der Waals surface area contributed by atoms with E-state index < -0.39 is 18.0 Å². The number of benzene rings is 2. The lowest BCUT2D eigenvalue weighted by Gasteiger charge is -2.20. The monoisotopic (exact) mass is 408 g/mol. The molecule has 2 N–H and O–H groups in total. The van der Waals surface area contributed by atoms with E-state index in [0.717, 1.165) is 0 Å². The Morgan fingerprint density at radius 2 is 1.96 bits per heavy atom. The van der Waals surface area contributed by atoms with Crippen molar-refractivity contribution in [1.29, 1.82) is 0 Å². The quantitative estimate of drug-likeness (QED) is 0.653. The number of carbonyl (C=O) groups excluding carboxylic acids is 2. The number of carbonyl (C=O) groups is 2. The maximum Gasteiger partial charge on any atom is 0.406 e. The second-order valence-electron chi connectivity index (χ2n) is 5.82. The van der Waals surface area contributed by atoms with E-state index in [1.165, 1.54) is 25.3 Å². The Morgan fingerprint density at radius 1 is 1.18 bits per heavy atom. The van der Waals surface area contributed by atoms with E-state index in [4.69, 9.17) is 16.3 Å². The summed E-state index contributed by atoms with van der Waals surface area (Å²) in [6, 6.07) is 10.9. The van der Waals surface area contributed by atoms with E-state index >= 15 is 0 Å². The van der Waals surface area contributed by atoms with Crippen molar-refractivity contribution in [3.63, 3.8) is 0 Å². The molecule has 8 heteroatoms. The van der Waals surface area contributed by atoms with Gasteiger partial charge in [-0.3, -0.25) is 4.79 Å². The number of methoxy groups -OCH3 is 1. The van der Waals surface area contributed by atoms with Crippen LogP contribution in [0.1, 0.15) is 34.5 Å². The van der Waals surface area contributed by atoms with Crippen molar-refractivity contribution in [3.8, 4) is 0 Å². The Balaban J connectivity index is 2.31. The maximum absolute atomic E-state index is 14.6. The van der Waals surface area contributed by atoms with Crippen LogP contribution in [0.4, 0.5) is 9.18 Å². The Hall–Kier alpha value is -2.64. The highest BCUT2D eigenvalue weighted by atomic mass is 35.5. The van der Waals surface area contributed by atoms with Crippen molar-refractivity contribution in [2.75, 3.05) is 26.8 Å². The molecule has 0 aliphatic rings. The highest BCUT2D eigenvalue weighted by Gasteiger charge is 2.21. The van der Waals surface area contributed by atoms with Gasteiger partial charge in [-0.1, -0.05) is 23.7 Å². The van der Waals surface area contributed by atoms with Gasteiger partial charge in [0.15, 0.2) is 0 Å². The van der Waals surface area contributed by atoms with Gasteiger partial charge in [-0.05, 0) is 42.8 Å². The molecule has 0 fully saturated rings. The molecule has 0 heterocycles. The minimum Gasteiger partial charge on any atom is -0.453 e. The molecule has 0 spiro atoms. The maximum atomic E-state index is 14.6. The number of nitrogens with one attached hydrogen (secondary N) is 2. The SMILES string of the molecule is CCNC(=O)c1ccc(F)c(C(OCCNC(=O)OC)c2cccc(Cl)c2)c1. The number of hydrogen-bond donors (Lipinski definition) is 2. The van der Waals surface area contributed by atoms with E-state index in [0.29, 0.717) is 22.7 Å². The van der Waals surface area contributed by atoms with Gasteiger partial charge < -0.3 is 20.1 Å². The van der Waals surface area contributed by atoms with E-state index in [1.54, 1.807) is 31.2 Å². The molecule has 1 atom stereocenters. The number of halogens is 2. The molecule has 0 saturated carbocycles. The molecule has 2 aromatic carbocycles. The number of rotatable bonds is 8. The van der Waals surface area contributed by atoms with Crippen LogP contribution in [0.5, 0.6) is 0 Å². The summed E-state index contributed by atoms with van der Waals surface area (Å²) in [6.07, 6.45) is -1.40. The van der Waals surface area contributed by atoms with Crippen molar-refractivity contribution in [2.45, 2.75) is 13.0 Å². The summed E-state index contributed by atoms with van der Waals surface area (Å²) in [7, 11) is 1.26. The van der Waals surface area contributed by atoms with Gasteiger partial charge in [-0.2, -0.15) is 0 Å². The van der Waals surface area contributed by atoms with Gasteiger partial charge in [0.1, 0.15) is 11.9 Å². The van der Waals surface area contributed by atoms with E-state index in [1.807, 2.05) is 0 Å². The minimum absolute atomic E-state index is 0.0943. The zero-order valence-corrected chi connectivity index (χ0v) is 16.4. The highest BCUT2D eigenvalue weighted by molar-refractivity contribution is 6.30. The van der Waals surface area contributed by atoms with Gasteiger partial charge in [-0.25, -0.2) is 9.18 Å². The topological polar surface area (TPSA) is 76.7 Å². The lowest BCUT2D eigenvalue weighted by atomic mass is 9.98. The van der Waals surface area contributed by atoms with Crippen LogP contribution in [0.2, 0.25) is 5.02 Å². The number of amides is 2. The van der Waals surface area contributed by atoms with Crippen molar-refractivity contribution in [1.82, 2.24) is 10.6 Å². The second-order valence-corrected chi connectivity index (χ2v) is 6.26. The van der Waals surface area contributed by atoms with Crippen molar-refractivity contribution in [2.24, 2.45) is 0 Å². The fourth-order valence-electron chi connectivity index (χ4n) is 2.59. The normalized spacial score (nSPS) is 11.6. The first-order chi connectivity index (χ1) is 13.5. The van der Waals surface area contributed by atoms with Crippen LogP contribution in [0.15, 0.2) is 42.5 Å². The molecule has 2 aromatic rings. The Labute approximate surface area is 168 Å². The van der Waals surface area contributed by atoms with Crippen LogP contribution in [-0.2, 0) is 9.47 Å². The summed E-state index contributed by atoms with van der Waals surface area (Å²) in [5.74, 6) is -0.820. The number of hydrogen-bond acceptors (Lipinski definition) is 4. The zero-order chi connectivity index (χ0) is 20.5. The molecule has 2 amide bonds. The molecule has 0 saturated heterocycles. The van der Waals surface area contributed by atoms with Crippen molar-refractivity contribution < 1.29 is 23.5 Å². The van der Waals surface area contributed by atoms with E-state index in [2.05, 4.69) is 15.4 Å². The summed E-state index contributed by atoms with van der Waals surface area (Å²) >= 11 is 6.07. The molecule has 150 valence electrons. The summed E-state index contributed by atoms with van der Waals surface area (Å²) in [6.45, 7) is 2.52. The molecule has 0 radical (unpaired) electrons. The van der Waals surface area contributed by atoms with Gasteiger partial charge in [0.25, 0.3) is 5.91 Å². The van der Waals surface area contributed by atoms with Crippen molar-refractivity contribution in [3.05, 3.63) is 70.0 Å². The second kappa shape index (κ2) is 10.6. The Kier molecular flexibility index (Phi) is 8.22. The largest absolute Gasteiger partial charge is 0.453 e. The van der Waals surface area contributed by atoms with Gasteiger partial charge in [0.2, 0.25) is 0 Å². The predicted octanol–water partition coefficient (Wildman–Crippen LogP) is 3.69.